The van der Waals surface area contributed by atoms with E-state index >= 15 is 0 Å². The number of hydrogen-bond donors (Lipinski definition) is 4. The number of aromatic carboxylic acids is 1. The predicted molar refractivity (Wildman–Crippen MR) is 112 cm³/mol. The average molecular weight is 403 g/mol. The average Bonchev–Trinajstić information content (AvgIpc) is 2.97. The van der Waals surface area contributed by atoms with Crippen molar-refractivity contribution in [2.75, 3.05) is 23.8 Å². The lowest BCUT2D eigenvalue weighted by Crippen LogP contribution is -2.24. The number of aliphatic hydroxyl groups excluding tert-OH is 1. The number of carbonyl (C=O) groups is 2. The highest BCUT2D eigenvalue weighted by atomic mass is 32.1. The third kappa shape index (κ3) is 4.20. The highest BCUT2D eigenvalue weighted by Crippen LogP contribution is 2.49. The molecule has 0 saturated carbocycles. The Balaban J connectivity index is 1.86. The van der Waals surface area contributed by atoms with Crippen molar-refractivity contribution in [2.45, 2.75) is 39.5 Å². The minimum absolute atomic E-state index is 0.0263. The Morgan fingerprint density at radius 1 is 1.25 bits per heavy atom. The summed E-state index contributed by atoms with van der Waals surface area (Å²) in [6, 6.07) is 6.86. The molecule has 0 bridgehead atoms. The van der Waals surface area contributed by atoms with Gasteiger partial charge < -0.3 is 20.8 Å². The molecule has 1 heterocycles. The van der Waals surface area contributed by atoms with Crippen molar-refractivity contribution in [1.29, 1.82) is 0 Å². The van der Waals surface area contributed by atoms with Crippen molar-refractivity contribution in [3.63, 3.8) is 0 Å². The molecule has 0 radical (unpaired) electrons. The van der Waals surface area contributed by atoms with Gasteiger partial charge in [0.1, 0.15) is 5.00 Å². The molecule has 4 N–H and O–H groups in total. The van der Waals surface area contributed by atoms with Gasteiger partial charge >= 0.3 is 5.97 Å². The molecule has 1 atom stereocenters. The molecule has 1 aromatic heterocycles. The molecule has 150 valence electrons. The molecule has 6 nitrogen and oxygen atoms in total. The van der Waals surface area contributed by atoms with E-state index in [0.717, 1.165) is 29.0 Å². The zero-order chi connectivity index (χ0) is 20.5. The minimum Gasteiger partial charge on any atom is -0.478 e. The van der Waals surface area contributed by atoms with Crippen LogP contribution >= 0.6 is 11.3 Å². The summed E-state index contributed by atoms with van der Waals surface area (Å²) in [4.78, 5) is 25.7. The van der Waals surface area contributed by atoms with Gasteiger partial charge in [-0.3, -0.25) is 4.79 Å². The monoisotopic (exact) mass is 402 g/mol. The van der Waals surface area contributed by atoms with Crippen molar-refractivity contribution in [3.05, 3.63) is 45.8 Å². The quantitative estimate of drug-likeness (QED) is 0.581. The summed E-state index contributed by atoms with van der Waals surface area (Å²) in [5.74, 6) is -1.19. The van der Waals surface area contributed by atoms with E-state index in [-0.39, 0.29) is 29.4 Å². The zero-order valence-electron chi connectivity index (χ0n) is 16.3. The number of fused-ring (bicyclic) bond motifs is 1. The van der Waals surface area contributed by atoms with Crippen LogP contribution < -0.4 is 10.6 Å². The number of carboxylic acid groups (broad SMARTS) is 1. The van der Waals surface area contributed by atoms with Gasteiger partial charge in [-0.05, 0) is 54.0 Å². The molecule has 28 heavy (non-hydrogen) atoms. The van der Waals surface area contributed by atoms with Crippen molar-refractivity contribution in [1.82, 2.24) is 0 Å². The van der Waals surface area contributed by atoms with Gasteiger partial charge in [0.05, 0.1) is 12.2 Å². The van der Waals surface area contributed by atoms with E-state index in [2.05, 4.69) is 31.4 Å². The summed E-state index contributed by atoms with van der Waals surface area (Å²) >= 11 is 1.38. The lowest BCUT2D eigenvalue weighted by molar-refractivity contribution is 0.0695. The molecular weight excluding hydrogens is 376 g/mol. The van der Waals surface area contributed by atoms with Crippen LogP contribution in [0, 0.1) is 5.41 Å². The number of rotatable bonds is 6. The van der Waals surface area contributed by atoms with E-state index in [1.807, 2.05) is 0 Å². The maximum absolute atomic E-state index is 12.7. The SMILES string of the molecule is CC1CC(C)(C)Cc2sc(NC(=O)c3ccc(NCCO)cc3)c(C(=O)O)c21. The molecule has 1 aromatic carbocycles. The van der Waals surface area contributed by atoms with E-state index in [1.54, 1.807) is 24.3 Å². The van der Waals surface area contributed by atoms with Crippen LogP contribution in [-0.2, 0) is 6.42 Å². The number of anilines is 2. The number of thiophene rings is 1. The lowest BCUT2D eigenvalue weighted by atomic mass is 9.72. The Morgan fingerprint density at radius 2 is 1.93 bits per heavy atom. The van der Waals surface area contributed by atoms with Crippen molar-refractivity contribution in [2.24, 2.45) is 5.41 Å². The van der Waals surface area contributed by atoms with E-state index in [0.29, 0.717) is 17.1 Å². The fraction of sp³-hybridized carbons (Fsp3) is 0.429. The van der Waals surface area contributed by atoms with Crippen LogP contribution in [0.25, 0.3) is 0 Å². The molecule has 1 aliphatic carbocycles. The van der Waals surface area contributed by atoms with E-state index in [9.17, 15) is 14.7 Å². The third-order valence-electron chi connectivity index (χ3n) is 5.04. The summed E-state index contributed by atoms with van der Waals surface area (Å²) < 4.78 is 0. The van der Waals surface area contributed by atoms with Crippen molar-refractivity contribution >= 4 is 33.9 Å². The first-order valence-corrected chi connectivity index (χ1v) is 10.2. The smallest absolute Gasteiger partial charge is 0.339 e. The number of benzene rings is 1. The summed E-state index contributed by atoms with van der Waals surface area (Å²) in [6.07, 6.45) is 1.74. The molecule has 0 fully saturated rings. The van der Waals surface area contributed by atoms with Gasteiger partial charge in [0.25, 0.3) is 5.91 Å². The van der Waals surface area contributed by atoms with Crippen molar-refractivity contribution < 1.29 is 19.8 Å². The van der Waals surface area contributed by atoms with Crippen LogP contribution in [0.2, 0.25) is 0 Å². The van der Waals surface area contributed by atoms with Gasteiger partial charge in [-0.15, -0.1) is 11.3 Å². The van der Waals surface area contributed by atoms with Gasteiger partial charge in [-0.25, -0.2) is 4.79 Å². The molecule has 0 saturated heterocycles. The summed E-state index contributed by atoms with van der Waals surface area (Å²) in [7, 11) is 0. The minimum atomic E-state index is -0.997. The van der Waals surface area contributed by atoms with Crippen LogP contribution in [0.15, 0.2) is 24.3 Å². The Morgan fingerprint density at radius 3 is 2.54 bits per heavy atom. The van der Waals surface area contributed by atoms with Crippen LogP contribution in [-0.4, -0.2) is 35.2 Å². The van der Waals surface area contributed by atoms with Gasteiger partial charge in [0.15, 0.2) is 0 Å². The highest BCUT2D eigenvalue weighted by Gasteiger charge is 2.36. The molecule has 0 spiro atoms. The zero-order valence-corrected chi connectivity index (χ0v) is 17.2. The molecule has 0 aliphatic heterocycles. The maximum Gasteiger partial charge on any atom is 0.339 e. The molecule has 1 unspecified atom stereocenters. The second-order valence-corrected chi connectivity index (χ2v) is 9.18. The fourth-order valence-corrected chi connectivity index (χ4v) is 5.56. The Bertz CT molecular complexity index is 887. The summed E-state index contributed by atoms with van der Waals surface area (Å²) in [5, 5.41) is 24.9. The topological polar surface area (TPSA) is 98.7 Å². The first kappa shape index (κ1) is 20.4. The van der Waals surface area contributed by atoms with E-state index in [1.165, 1.54) is 11.3 Å². The van der Waals surface area contributed by atoms with Gasteiger partial charge in [-0.2, -0.15) is 0 Å². The summed E-state index contributed by atoms with van der Waals surface area (Å²) in [5.41, 5.74) is 2.48. The molecule has 2 aromatic rings. The number of aliphatic hydroxyl groups is 1. The Labute approximate surface area is 168 Å². The van der Waals surface area contributed by atoms with Gasteiger partial charge in [0.2, 0.25) is 0 Å². The van der Waals surface area contributed by atoms with Crippen LogP contribution in [0.4, 0.5) is 10.7 Å². The predicted octanol–water partition coefficient (Wildman–Crippen LogP) is 4.18. The molecular formula is C21H26N2O4S. The number of hydrogen-bond acceptors (Lipinski definition) is 5. The Hall–Kier alpha value is -2.38. The highest BCUT2D eigenvalue weighted by molar-refractivity contribution is 7.17. The Kier molecular flexibility index (Phi) is 5.76. The lowest BCUT2D eigenvalue weighted by Gasteiger charge is -2.33. The first-order chi connectivity index (χ1) is 13.2. The van der Waals surface area contributed by atoms with Gasteiger partial charge in [0, 0.05) is 22.7 Å². The first-order valence-electron chi connectivity index (χ1n) is 9.37. The largest absolute Gasteiger partial charge is 0.478 e. The second-order valence-electron chi connectivity index (χ2n) is 8.08. The van der Waals surface area contributed by atoms with E-state index in [4.69, 9.17) is 5.11 Å². The summed E-state index contributed by atoms with van der Waals surface area (Å²) in [6.45, 7) is 6.90. The standard InChI is InChI=1S/C21H26N2O4S/c1-12-10-21(2,3)11-15-16(12)17(20(26)27)19(28-15)23-18(25)13-4-6-14(7-5-13)22-8-9-24/h4-7,12,22,24H,8-11H2,1-3H3,(H,23,25)(H,26,27). The van der Waals surface area contributed by atoms with Crippen LogP contribution in [0.5, 0.6) is 0 Å². The molecule has 7 heteroatoms. The maximum atomic E-state index is 12.7. The fourth-order valence-electron chi connectivity index (χ4n) is 4.00. The molecule has 3 rings (SSSR count). The van der Waals surface area contributed by atoms with Crippen LogP contribution in [0.1, 0.15) is 64.3 Å². The van der Waals surface area contributed by atoms with E-state index < -0.39 is 5.97 Å². The van der Waals surface area contributed by atoms with Gasteiger partial charge in [-0.1, -0.05) is 20.8 Å². The normalized spacial score (nSPS) is 17.6. The third-order valence-corrected chi connectivity index (χ3v) is 6.16. The molecule has 1 aliphatic rings. The number of amides is 1. The van der Waals surface area contributed by atoms with Crippen molar-refractivity contribution in [3.8, 4) is 0 Å². The number of nitrogens with one attached hydrogen (secondary N) is 2. The molecule has 1 amide bonds. The second kappa shape index (κ2) is 7.93. The van der Waals surface area contributed by atoms with Crippen LogP contribution in [0.3, 0.4) is 0 Å². The number of carbonyl (C=O) groups excluding carboxylic acids is 1. The number of carboxylic acids is 1.